The van der Waals surface area contributed by atoms with E-state index < -0.39 is 0 Å². The molecule has 0 aliphatic carbocycles. The van der Waals surface area contributed by atoms with Gasteiger partial charge in [-0.05, 0) is 30.9 Å². The van der Waals surface area contributed by atoms with Crippen molar-refractivity contribution in [1.29, 1.82) is 0 Å². The highest BCUT2D eigenvalue weighted by Crippen LogP contribution is 2.30. The summed E-state index contributed by atoms with van der Waals surface area (Å²) in [5, 5.41) is 0. The van der Waals surface area contributed by atoms with Crippen LogP contribution in [-0.4, -0.2) is 23.3 Å². The molecule has 0 spiro atoms. The topological polar surface area (TPSA) is 33.2 Å². The van der Waals surface area contributed by atoms with E-state index in [4.69, 9.17) is 11.6 Å². The molecule has 3 nitrogen and oxygen atoms in total. The molecular weight excluding hydrogens is 224 g/mol. The van der Waals surface area contributed by atoms with Gasteiger partial charge in [-0.25, -0.2) is 0 Å². The van der Waals surface area contributed by atoms with Crippen molar-refractivity contribution in [2.24, 2.45) is 5.92 Å². The molecule has 1 aliphatic rings. The van der Waals surface area contributed by atoms with Gasteiger partial charge in [0.25, 0.3) is 0 Å². The van der Waals surface area contributed by atoms with E-state index in [1.807, 2.05) is 18.7 Å². The minimum absolute atomic E-state index is 0.169. The Bertz CT molecular complexity index is 399. The highest BCUT2D eigenvalue weighted by molar-refractivity contribution is 6.18. The summed E-state index contributed by atoms with van der Waals surface area (Å²) in [6.07, 6.45) is 4.15. The van der Waals surface area contributed by atoms with E-state index in [0.29, 0.717) is 12.3 Å². The average molecular weight is 239 g/mol. The van der Waals surface area contributed by atoms with Crippen LogP contribution in [0.15, 0.2) is 12.4 Å². The van der Waals surface area contributed by atoms with E-state index >= 15 is 0 Å². The molecule has 0 bridgehead atoms. The van der Waals surface area contributed by atoms with Gasteiger partial charge in [-0.15, -0.1) is 11.6 Å². The van der Waals surface area contributed by atoms with Crippen molar-refractivity contribution >= 4 is 23.2 Å². The monoisotopic (exact) mass is 238 g/mol. The zero-order chi connectivity index (χ0) is 11.7. The van der Waals surface area contributed by atoms with Crippen LogP contribution in [0.5, 0.6) is 0 Å². The summed E-state index contributed by atoms with van der Waals surface area (Å²) in [5.74, 6) is 0.995. The number of hydrogen-bond donors (Lipinski definition) is 0. The van der Waals surface area contributed by atoms with Gasteiger partial charge in [-0.2, -0.15) is 0 Å². The summed E-state index contributed by atoms with van der Waals surface area (Å²) in [4.78, 5) is 17.9. The van der Waals surface area contributed by atoms with E-state index in [1.165, 1.54) is 0 Å². The van der Waals surface area contributed by atoms with Crippen molar-refractivity contribution in [1.82, 2.24) is 4.98 Å². The molecule has 1 aliphatic heterocycles. The number of nitrogens with zero attached hydrogens (tertiary/aromatic N) is 2. The number of halogens is 1. The van der Waals surface area contributed by atoms with Crippen LogP contribution in [0.4, 0.5) is 5.69 Å². The van der Waals surface area contributed by atoms with E-state index in [1.54, 1.807) is 12.4 Å². The molecule has 1 saturated heterocycles. The SMILES string of the molecule is Cc1cncc(C)c1N1CC(CCl)CC1=O. The highest BCUT2D eigenvalue weighted by atomic mass is 35.5. The lowest BCUT2D eigenvalue weighted by molar-refractivity contribution is -0.117. The molecule has 1 unspecified atom stereocenters. The predicted molar refractivity (Wildman–Crippen MR) is 64.9 cm³/mol. The number of pyridine rings is 1. The third kappa shape index (κ3) is 1.92. The van der Waals surface area contributed by atoms with Crippen molar-refractivity contribution < 1.29 is 4.79 Å². The van der Waals surface area contributed by atoms with Gasteiger partial charge < -0.3 is 4.90 Å². The standard InChI is InChI=1S/C12H15ClN2O/c1-8-5-14-6-9(2)12(8)15-7-10(4-13)3-11(15)16/h5-6,10H,3-4,7H2,1-2H3. The number of alkyl halides is 1. The van der Waals surface area contributed by atoms with Crippen LogP contribution in [-0.2, 0) is 4.79 Å². The van der Waals surface area contributed by atoms with Crippen LogP contribution in [0.2, 0.25) is 0 Å². The first-order valence-corrected chi connectivity index (χ1v) is 5.94. The fourth-order valence-electron chi connectivity index (χ4n) is 2.22. The lowest BCUT2D eigenvalue weighted by Crippen LogP contribution is -2.26. The highest BCUT2D eigenvalue weighted by Gasteiger charge is 2.31. The first-order chi connectivity index (χ1) is 7.63. The summed E-state index contributed by atoms with van der Waals surface area (Å²) in [6.45, 7) is 4.70. The number of hydrogen-bond acceptors (Lipinski definition) is 2. The fourth-order valence-corrected chi connectivity index (χ4v) is 2.43. The Hall–Kier alpha value is -1.09. The lowest BCUT2D eigenvalue weighted by atomic mass is 10.1. The molecule has 0 aromatic carbocycles. The van der Waals surface area contributed by atoms with Crippen molar-refractivity contribution in [2.75, 3.05) is 17.3 Å². The second kappa shape index (κ2) is 4.42. The molecule has 2 rings (SSSR count). The third-order valence-electron chi connectivity index (χ3n) is 2.98. The Balaban J connectivity index is 2.35. The van der Waals surface area contributed by atoms with Gasteiger partial charge in [0.15, 0.2) is 0 Å². The summed E-state index contributed by atoms with van der Waals surface area (Å²) in [5.41, 5.74) is 3.10. The van der Waals surface area contributed by atoms with Crippen molar-refractivity contribution in [3.63, 3.8) is 0 Å². The van der Waals surface area contributed by atoms with Crippen LogP contribution >= 0.6 is 11.6 Å². The second-order valence-electron chi connectivity index (χ2n) is 4.35. The summed E-state index contributed by atoms with van der Waals surface area (Å²) >= 11 is 5.81. The molecule has 1 aromatic rings. The molecule has 0 radical (unpaired) electrons. The normalized spacial score (nSPS) is 20.6. The van der Waals surface area contributed by atoms with Gasteiger partial charge in [0, 0.05) is 31.2 Å². The minimum atomic E-state index is 0.169. The first-order valence-electron chi connectivity index (χ1n) is 5.41. The van der Waals surface area contributed by atoms with Gasteiger partial charge in [0.05, 0.1) is 5.69 Å². The Morgan fingerprint density at radius 3 is 2.56 bits per heavy atom. The first kappa shape index (κ1) is 11.4. The molecule has 1 atom stereocenters. The number of rotatable bonds is 2. The maximum atomic E-state index is 11.9. The van der Waals surface area contributed by atoms with E-state index in [0.717, 1.165) is 23.4 Å². The molecule has 2 heterocycles. The number of aromatic nitrogens is 1. The third-order valence-corrected chi connectivity index (χ3v) is 3.41. The quantitative estimate of drug-likeness (QED) is 0.741. The molecule has 0 saturated carbocycles. The second-order valence-corrected chi connectivity index (χ2v) is 4.66. The van der Waals surface area contributed by atoms with Gasteiger partial charge in [-0.1, -0.05) is 0 Å². The molecule has 4 heteroatoms. The summed E-state index contributed by atoms with van der Waals surface area (Å²) < 4.78 is 0. The Kier molecular flexibility index (Phi) is 3.15. The number of amides is 1. The summed E-state index contributed by atoms with van der Waals surface area (Å²) in [6, 6.07) is 0. The van der Waals surface area contributed by atoms with Gasteiger partial charge in [0.1, 0.15) is 0 Å². The van der Waals surface area contributed by atoms with Crippen molar-refractivity contribution in [3.05, 3.63) is 23.5 Å². The molecule has 86 valence electrons. The summed E-state index contributed by atoms with van der Waals surface area (Å²) in [7, 11) is 0. The van der Waals surface area contributed by atoms with Crippen LogP contribution in [0.3, 0.4) is 0 Å². The van der Waals surface area contributed by atoms with E-state index in [-0.39, 0.29) is 11.8 Å². The molecule has 16 heavy (non-hydrogen) atoms. The molecule has 1 amide bonds. The van der Waals surface area contributed by atoms with Crippen LogP contribution < -0.4 is 4.90 Å². The number of aryl methyl sites for hydroxylation is 2. The van der Waals surface area contributed by atoms with Gasteiger partial charge in [0.2, 0.25) is 5.91 Å². The largest absolute Gasteiger partial charge is 0.311 e. The minimum Gasteiger partial charge on any atom is -0.311 e. The molecule has 1 aromatic heterocycles. The maximum Gasteiger partial charge on any atom is 0.227 e. The number of carbonyl (C=O) groups excluding carboxylic acids is 1. The van der Waals surface area contributed by atoms with E-state index in [9.17, 15) is 4.79 Å². The number of anilines is 1. The zero-order valence-corrected chi connectivity index (χ0v) is 10.3. The fraction of sp³-hybridized carbons (Fsp3) is 0.500. The molecule has 0 N–H and O–H groups in total. The van der Waals surface area contributed by atoms with Crippen LogP contribution in [0.1, 0.15) is 17.5 Å². The zero-order valence-electron chi connectivity index (χ0n) is 9.53. The lowest BCUT2D eigenvalue weighted by Gasteiger charge is -2.20. The van der Waals surface area contributed by atoms with Gasteiger partial charge >= 0.3 is 0 Å². The predicted octanol–water partition coefficient (Wildman–Crippen LogP) is 2.29. The Morgan fingerprint density at radius 1 is 1.44 bits per heavy atom. The van der Waals surface area contributed by atoms with Crippen molar-refractivity contribution in [3.8, 4) is 0 Å². The van der Waals surface area contributed by atoms with Crippen LogP contribution in [0.25, 0.3) is 0 Å². The average Bonchev–Trinajstić information content (AvgIpc) is 2.60. The molecular formula is C12H15ClN2O. The Morgan fingerprint density at radius 2 is 2.06 bits per heavy atom. The Labute approximate surface area is 100 Å². The van der Waals surface area contributed by atoms with Gasteiger partial charge in [-0.3, -0.25) is 9.78 Å². The maximum absolute atomic E-state index is 11.9. The number of carbonyl (C=O) groups is 1. The van der Waals surface area contributed by atoms with Crippen LogP contribution in [0, 0.1) is 19.8 Å². The van der Waals surface area contributed by atoms with Crippen molar-refractivity contribution in [2.45, 2.75) is 20.3 Å². The smallest absolute Gasteiger partial charge is 0.227 e. The molecule has 1 fully saturated rings. The van der Waals surface area contributed by atoms with E-state index in [2.05, 4.69) is 4.98 Å².